The fourth-order valence-electron chi connectivity index (χ4n) is 1.72. The molecule has 0 N–H and O–H groups in total. The van der Waals surface area contributed by atoms with E-state index in [1.807, 2.05) is 0 Å². The first-order valence-corrected chi connectivity index (χ1v) is 6.41. The standard InChI is InChI=1S/C14H9BrClFO/c1-8-2-9(6-13(17)3-8)14(18)10-4-11(15)7-12(16)5-10/h2-7H,1H3. The molecule has 0 atom stereocenters. The largest absolute Gasteiger partial charge is 0.289 e. The lowest BCUT2D eigenvalue weighted by Crippen LogP contribution is -2.02. The van der Waals surface area contributed by atoms with Crippen molar-refractivity contribution in [1.82, 2.24) is 0 Å². The van der Waals surface area contributed by atoms with E-state index < -0.39 is 5.82 Å². The van der Waals surface area contributed by atoms with Crippen LogP contribution in [0.25, 0.3) is 0 Å². The molecule has 0 saturated heterocycles. The number of rotatable bonds is 2. The Kier molecular flexibility index (Phi) is 3.83. The van der Waals surface area contributed by atoms with Gasteiger partial charge in [-0.05, 0) is 48.9 Å². The van der Waals surface area contributed by atoms with Crippen LogP contribution in [-0.4, -0.2) is 5.78 Å². The number of carbonyl (C=O) groups excluding carboxylic acids is 1. The van der Waals surface area contributed by atoms with Gasteiger partial charge in [-0.15, -0.1) is 0 Å². The average Bonchev–Trinajstić information content (AvgIpc) is 2.25. The highest BCUT2D eigenvalue weighted by molar-refractivity contribution is 9.10. The molecule has 0 unspecified atom stereocenters. The topological polar surface area (TPSA) is 17.1 Å². The van der Waals surface area contributed by atoms with Crippen LogP contribution in [0.3, 0.4) is 0 Å². The number of benzene rings is 2. The number of aryl methyl sites for hydroxylation is 1. The fraction of sp³-hybridized carbons (Fsp3) is 0.0714. The fourth-order valence-corrected chi connectivity index (χ4v) is 2.58. The second-order valence-corrected chi connectivity index (χ2v) is 5.36. The van der Waals surface area contributed by atoms with Crippen molar-refractivity contribution in [1.29, 1.82) is 0 Å². The molecule has 0 aliphatic rings. The SMILES string of the molecule is Cc1cc(F)cc(C(=O)c2cc(Cl)cc(Br)c2)c1. The summed E-state index contributed by atoms with van der Waals surface area (Å²) in [5.41, 5.74) is 1.46. The molecular weight excluding hydrogens is 319 g/mol. The summed E-state index contributed by atoms with van der Waals surface area (Å²) in [5, 5.41) is 0.459. The van der Waals surface area contributed by atoms with E-state index in [0.29, 0.717) is 26.2 Å². The molecule has 0 saturated carbocycles. The highest BCUT2D eigenvalue weighted by Gasteiger charge is 2.12. The van der Waals surface area contributed by atoms with Gasteiger partial charge in [0.2, 0.25) is 0 Å². The second kappa shape index (κ2) is 5.21. The molecule has 4 heteroatoms. The van der Waals surface area contributed by atoms with E-state index in [1.54, 1.807) is 31.2 Å². The van der Waals surface area contributed by atoms with Crippen molar-refractivity contribution in [3.8, 4) is 0 Å². The van der Waals surface area contributed by atoms with Gasteiger partial charge in [0.1, 0.15) is 5.82 Å². The van der Waals surface area contributed by atoms with Gasteiger partial charge >= 0.3 is 0 Å². The zero-order chi connectivity index (χ0) is 13.3. The lowest BCUT2D eigenvalue weighted by molar-refractivity contribution is 0.103. The molecule has 0 aliphatic carbocycles. The maximum Gasteiger partial charge on any atom is 0.193 e. The summed E-state index contributed by atoms with van der Waals surface area (Å²) in [6.45, 7) is 1.74. The second-order valence-electron chi connectivity index (χ2n) is 4.00. The Morgan fingerprint density at radius 3 is 2.39 bits per heavy atom. The normalized spacial score (nSPS) is 10.4. The van der Waals surface area contributed by atoms with Crippen molar-refractivity contribution in [2.24, 2.45) is 0 Å². The predicted octanol–water partition coefficient (Wildman–Crippen LogP) is 4.78. The van der Waals surface area contributed by atoms with Crippen LogP contribution in [0.15, 0.2) is 40.9 Å². The molecule has 2 aromatic rings. The van der Waals surface area contributed by atoms with E-state index in [0.717, 1.165) is 0 Å². The summed E-state index contributed by atoms with van der Waals surface area (Å²) in [6.07, 6.45) is 0. The summed E-state index contributed by atoms with van der Waals surface area (Å²) in [4.78, 5) is 12.2. The van der Waals surface area contributed by atoms with Crippen LogP contribution in [-0.2, 0) is 0 Å². The Bertz CT molecular complexity index is 531. The van der Waals surface area contributed by atoms with Gasteiger partial charge in [-0.2, -0.15) is 0 Å². The third-order valence-corrected chi connectivity index (χ3v) is 3.11. The summed E-state index contributed by atoms with van der Waals surface area (Å²) in [6, 6.07) is 9.17. The highest BCUT2D eigenvalue weighted by atomic mass is 79.9. The van der Waals surface area contributed by atoms with Crippen LogP contribution in [0.1, 0.15) is 21.5 Å². The van der Waals surface area contributed by atoms with Crippen LogP contribution in [0.5, 0.6) is 0 Å². The lowest BCUT2D eigenvalue weighted by Gasteiger charge is -2.04. The third-order valence-electron chi connectivity index (χ3n) is 2.43. The minimum Gasteiger partial charge on any atom is -0.289 e. The number of ketones is 1. The maximum atomic E-state index is 13.3. The van der Waals surface area contributed by atoms with Gasteiger partial charge < -0.3 is 0 Å². The molecular formula is C14H9BrClFO. The van der Waals surface area contributed by atoms with E-state index >= 15 is 0 Å². The molecule has 0 aliphatic heterocycles. The van der Waals surface area contributed by atoms with Crippen LogP contribution in [0.2, 0.25) is 5.02 Å². The number of hydrogen-bond acceptors (Lipinski definition) is 1. The zero-order valence-corrected chi connectivity index (χ0v) is 11.8. The Hall–Kier alpha value is -1.19. The summed E-state index contributed by atoms with van der Waals surface area (Å²) in [7, 11) is 0. The summed E-state index contributed by atoms with van der Waals surface area (Å²) < 4.78 is 14.0. The number of hydrogen-bond donors (Lipinski definition) is 0. The van der Waals surface area contributed by atoms with Crippen LogP contribution >= 0.6 is 27.5 Å². The molecule has 0 heterocycles. The number of carbonyl (C=O) groups is 1. The molecule has 2 aromatic carbocycles. The first-order valence-electron chi connectivity index (χ1n) is 5.24. The van der Waals surface area contributed by atoms with Gasteiger partial charge in [0, 0.05) is 20.6 Å². The van der Waals surface area contributed by atoms with Gasteiger partial charge in [-0.25, -0.2) is 4.39 Å². The Morgan fingerprint density at radius 2 is 1.78 bits per heavy atom. The van der Waals surface area contributed by atoms with Crippen molar-refractivity contribution in [2.75, 3.05) is 0 Å². The Morgan fingerprint density at radius 1 is 1.11 bits per heavy atom. The molecule has 0 radical (unpaired) electrons. The zero-order valence-electron chi connectivity index (χ0n) is 9.51. The minimum absolute atomic E-state index is 0.249. The average molecular weight is 328 g/mol. The third kappa shape index (κ3) is 2.98. The molecule has 0 fully saturated rings. The monoisotopic (exact) mass is 326 g/mol. The Labute approximate surface area is 118 Å². The van der Waals surface area contributed by atoms with Gasteiger partial charge in [0.25, 0.3) is 0 Å². The van der Waals surface area contributed by atoms with E-state index in [2.05, 4.69) is 15.9 Å². The van der Waals surface area contributed by atoms with E-state index in [9.17, 15) is 9.18 Å². The molecule has 1 nitrogen and oxygen atoms in total. The molecule has 2 rings (SSSR count). The molecule has 92 valence electrons. The van der Waals surface area contributed by atoms with Crippen molar-refractivity contribution in [2.45, 2.75) is 6.92 Å². The lowest BCUT2D eigenvalue weighted by atomic mass is 10.0. The van der Waals surface area contributed by atoms with Crippen LogP contribution in [0.4, 0.5) is 4.39 Å². The van der Waals surface area contributed by atoms with Gasteiger partial charge in [0.05, 0.1) is 0 Å². The minimum atomic E-state index is -0.417. The summed E-state index contributed by atoms with van der Waals surface area (Å²) >= 11 is 9.16. The first kappa shape index (κ1) is 13.2. The quantitative estimate of drug-likeness (QED) is 0.725. The molecule has 18 heavy (non-hydrogen) atoms. The van der Waals surface area contributed by atoms with Crippen molar-refractivity contribution in [3.63, 3.8) is 0 Å². The highest BCUT2D eigenvalue weighted by Crippen LogP contribution is 2.22. The van der Waals surface area contributed by atoms with Crippen molar-refractivity contribution < 1.29 is 9.18 Å². The molecule has 0 bridgehead atoms. The van der Waals surface area contributed by atoms with Crippen molar-refractivity contribution >= 4 is 33.3 Å². The number of halogens is 3. The molecule has 0 spiro atoms. The first-order chi connectivity index (χ1) is 8.45. The van der Waals surface area contributed by atoms with E-state index in [-0.39, 0.29) is 5.78 Å². The van der Waals surface area contributed by atoms with Crippen LogP contribution in [0, 0.1) is 12.7 Å². The Balaban J connectivity index is 2.47. The smallest absolute Gasteiger partial charge is 0.193 e. The van der Waals surface area contributed by atoms with Crippen molar-refractivity contribution in [3.05, 3.63) is 68.4 Å². The molecule has 0 aromatic heterocycles. The van der Waals surface area contributed by atoms with E-state index in [4.69, 9.17) is 11.6 Å². The van der Waals surface area contributed by atoms with E-state index in [1.165, 1.54) is 12.1 Å². The maximum absolute atomic E-state index is 13.3. The van der Waals surface area contributed by atoms with Gasteiger partial charge in [0.15, 0.2) is 5.78 Å². The molecule has 0 amide bonds. The predicted molar refractivity (Wildman–Crippen MR) is 73.7 cm³/mol. The van der Waals surface area contributed by atoms with Crippen LogP contribution < -0.4 is 0 Å². The van der Waals surface area contributed by atoms with Gasteiger partial charge in [-0.1, -0.05) is 27.5 Å². The summed E-state index contributed by atoms with van der Waals surface area (Å²) in [5.74, 6) is -0.666. The van der Waals surface area contributed by atoms with Gasteiger partial charge in [-0.3, -0.25) is 4.79 Å².